The van der Waals surface area contributed by atoms with E-state index >= 15 is 0 Å². The van der Waals surface area contributed by atoms with Crippen molar-refractivity contribution in [2.45, 2.75) is 44.7 Å². The summed E-state index contributed by atoms with van der Waals surface area (Å²) in [5, 5.41) is 0. The molecule has 0 aromatic rings. The second-order valence-corrected chi connectivity index (χ2v) is 5.05. The average Bonchev–Trinajstić information content (AvgIpc) is 2.37. The van der Waals surface area contributed by atoms with Gasteiger partial charge in [-0.25, -0.2) is 4.79 Å². The first-order valence-electron chi connectivity index (χ1n) is 5.59. The van der Waals surface area contributed by atoms with Gasteiger partial charge in [0.25, 0.3) is 0 Å². The monoisotopic (exact) mass is 196 g/mol. The standard InChI is InChI=1S/C11H20N2O/c1-8-6-9-4-5-10(7-8)13(9)11(14)12(2)3/h8-10H,4-7H2,1-3H3. The van der Waals surface area contributed by atoms with Crippen LogP contribution in [0.25, 0.3) is 0 Å². The molecule has 2 atom stereocenters. The molecular formula is C11H20N2O. The molecule has 3 heteroatoms. The molecule has 0 aliphatic carbocycles. The Morgan fingerprint density at radius 3 is 2.14 bits per heavy atom. The SMILES string of the molecule is CC1CC2CCC(C1)N2C(=O)N(C)C. The smallest absolute Gasteiger partial charge is 0.319 e. The summed E-state index contributed by atoms with van der Waals surface area (Å²) in [6, 6.07) is 1.27. The Bertz CT molecular complexity index is 225. The van der Waals surface area contributed by atoms with Crippen LogP contribution in [0.1, 0.15) is 32.6 Å². The first kappa shape index (κ1) is 9.81. The van der Waals surface area contributed by atoms with Crippen LogP contribution in [0.2, 0.25) is 0 Å². The van der Waals surface area contributed by atoms with E-state index in [1.807, 2.05) is 14.1 Å². The van der Waals surface area contributed by atoms with Crippen LogP contribution in [-0.4, -0.2) is 42.0 Å². The third-order valence-corrected chi connectivity index (χ3v) is 3.57. The summed E-state index contributed by atoms with van der Waals surface area (Å²) in [5.74, 6) is 0.804. The van der Waals surface area contributed by atoms with E-state index in [2.05, 4.69) is 11.8 Å². The van der Waals surface area contributed by atoms with E-state index in [1.165, 1.54) is 25.7 Å². The third-order valence-electron chi connectivity index (χ3n) is 3.57. The van der Waals surface area contributed by atoms with E-state index in [1.54, 1.807) is 4.90 Å². The van der Waals surface area contributed by atoms with Crippen molar-refractivity contribution in [2.75, 3.05) is 14.1 Å². The molecule has 0 saturated carbocycles. The van der Waals surface area contributed by atoms with Crippen LogP contribution in [0, 0.1) is 5.92 Å². The van der Waals surface area contributed by atoms with E-state index in [-0.39, 0.29) is 6.03 Å². The van der Waals surface area contributed by atoms with E-state index in [4.69, 9.17) is 0 Å². The topological polar surface area (TPSA) is 23.6 Å². The Morgan fingerprint density at radius 1 is 1.21 bits per heavy atom. The van der Waals surface area contributed by atoms with Gasteiger partial charge in [0.05, 0.1) is 0 Å². The number of amides is 2. The summed E-state index contributed by atoms with van der Waals surface area (Å²) in [5.41, 5.74) is 0. The van der Waals surface area contributed by atoms with Crippen LogP contribution in [0.5, 0.6) is 0 Å². The normalized spacial score (nSPS) is 35.9. The van der Waals surface area contributed by atoms with E-state index in [0.29, 0.717) is 12.1 Å². The van der Waals surface area contributed by atoms with Crippen molar-refractivity contribution in [3.63, 3.8) is 0 Å². The van der Waals surface area contributed by atoms with Crippen molar-refractivity contribution in [1.29, 1.82) is 0 Å². The van der Waals surface area contributed by atoms with E-state index in [9.17, 15) is 4.79 Å². The van der Waals surface area contributed by atoms with Gasteiger partial charge in [0.1, 0.15) is 0 Å². The Balaban J connectivity index is 2.11. The maximum Gasteiger partial charge on any atom is 0.319 e. The highest BCUT2D eigenvalue weighted by molar-refractivity contribution is 5.75. The lowest BCUT2D eigenvalue weighted by molar-refractivity contribution is 0.108. The second-order valence-electron chi connectivity index (χ2n) is 5.05. The van der Waals surface area contributed by atoms with Crippen LogP contribution < -0.4 is 0 Å². The first-order valence-corrected chi connectivity index (χ1v) is 5.59. The van der Waals surface area contributed by atoms with Crippen molar-refractivity contribution < 1.29 is 4.79 Å². The lowest BCUT2D eigenvalue weighted by atomic mass is 9.93. The molecule has 0 aromatic carbocycles. The number of piperidine rings is 1. The highest BCUT2D eigenvalue weighted by atomic mass is 16.2. The Labute approximate surface area is 86.1 Å². The van der Waals surface area contributed by atoms with Crippen molar-refractivity contribution in [3.8, 4) is 0 Å². The molecule has 0 N–H and O–H groups in total. The van der Waals surface area contributed by atoms with Crippen molar-refractivity contribution in [3.05, 3.63) is 0 Å². The zero-order valence-electron chi connectivity index (χ0n) is 9.36. The van der Waals surface area contributed by atoms with Crippen molar-refractivity contribution >= 4 is 6.03 Å². The largest absolute Gasteiger partial charge is 0.331 e. The van der Waals surface area contributed by atoms with Crippen LogP contribution >= 0.6 is 0 Å². The van der Waals surface area contributed by atoms with Gasteiger partial charge in [-0.1, -0.05) is 6.92 Å². The minimum atomic E-state index is 0.212. The van der Waals surface area contributed by atoms with Gasteiger partial charge < -0.3 is 9.80 Å². The van der Waals surface area contributed by atoms with Crippen molar-refractivity contribution in [2.24, 2.45) is 5.92 Å². The maximum absolute atomic E-state index is 11.9. The Morgan fingerprint density at radius 2 is 1.71 bits per heavy atom. The summed E-state index contributed by atoms with van der Waals surface area (Å²) in [4.78, 5) is 15.8. The van der Waals surface area contributed by atoms with Gasteiger partial charge in [0, 0.05) is 26.2 Å². The summed E-state index contributed by atoms with van der Waals surface area (Å²) in [6.07, 6.45) is 4.84. The minimum absolute atomic E-state index is 0.212. The average molecular weight is 196 g/mol. The zero-order chi connectivity index (χ0) is 10.3. The molecule has 2 aliphatic heterocycles. The first-order chi connectivity index (χ1) is 6.59. The van der Waals surface area contributed by atoms with Gasteiger partial charge in [0.2, 0.25) is 0 Å². The summed E-state index contributed by atoms with van der Waals surface area (Å²) >= 11 is 0. The highest BCUT2D eigenvalue weighted by Gasteiger charge is 2.42. The van der Waals surface area contributed by atoms with Gasteiger partial charge in [-0.15, -0.1) is 0 Å². The predicted octanol–water partition coefficient (Wildman–Crippen LogP) is 1.93. The second kappa shape index (κ2) is 3.44. The summed E-state index contributed by atoms with van der Waals surface area (Å²) < 4.78 is 0. The zero-order valence-corrected chi connectivity index (χ0v) is 9.36. The fraction of sp³-hybridized carbons (Fsp3) is 0.909. The van der Waals surface area contributed by atoms with Crippen molar-refractivity contribution in [1.82, 2.24) is 9.80 Å². The van der Waals surface area contributed by atoms with E-state index < -0.39 is 0 Å². The molecule has 2 unspecified atom stereocenters. The minimum Gasteiger partial charge on any atom is -0.331 e. The lowest BCUT2D eigenvalue weighted by Crippen LogP contribution is -2.50. The Hall–Kier alpha value is -0.730. The summed E-state index contributed by atoms with van der Waals surface area (Å²) in [7, 11) is 3.69. The number of urea groups is 1. The highest BCUT2D eigenvalue weighted by Crippen LogP contribution is 2.38. The number of carbonyl (C=O) groups is 1. The fourth-order valence-corrected chi connectivity index (χ4v) is 2.99. The summed E-state index contributed by atoms with van der Waals surface area (Å²) in [6.45, 7) is 2.31. The molecule has 2 heterocycles. The number of fused-ring (bicyclic) bond motifs is 2. The fourth-order valence-electron chi connectivity index (χ4n) is 2.99. The van der Waals surface area contributed by atoms with Crippen LogP contribution in [0.15, 0.2) is 0 Å². The number of hydrogen-bond donors (Lipinski definition) is 0. The molecule has 0 aromatic heterocycles. The van der Waals surface area contributed by atoms with Gasteiger partial charge in [-0.3, -0.25) is 0 Å². The van der Waals surface area contributed by atoms with Crippen LogP contribution in [-0.2, 0) is 0 Å². The van der Waals surface area contributed by atoms with Crippen LogP contribution in [0.3, 0.4) is 0 Å². The van der Waals surface area contributed by atoms with Gasteiger partial charge in [-0.05, 0) is 31.6 Å². The predicted molar refractivity (Wildman–Crippen MR) is 56.1 cm³/mol. The Kier molecular flexibility index (Phi) is 2.41. The number of nitrogens with zero attached hydrogens (tertiary/aromatic N) is 2. The number of hydrogen-bond acceptors (Lipinski definition) is 1. The molecule has 3 nitrogen and oxygen atoms in total. The quantitative estimate of drug-likeness (QED) is 0.580. The molecule has 2 saturated heterocycles. The number of rotatable bonds is 0. The molecular weight excluding hydrogens is 176 g/mol. The molecule has 2 fully saturated rings. The molecule has 0 radical (unpaired) electrons. The van der Waals surface area contributed by atoms with E-state index in [0.717, 1.165) is 5.92 Å². The van der Waals surface area contributed by atoms with Gasteiger partial charge in [-0.2, -0.15) is 0 Å². The molecule has 2 aliphatic rings. The van der Waals surface area contributed by atoms with Gasteiger partial charge >= 0.3 is 6.03 Å². The number of carbonyl (C=O) groups excluding carboxylic acids is 1. The third kappa shape index (κ3) is 1.49. The molecule has 2 bridgehead atoms. The molecule has 2 rings (SSSR count). The molecule has 2 amide bonds. The van der Waals surface area contributed by atoms with Crippen LogP contribution in [0.4, 0.5) is 4.79 Å². The molecule has 0 spiro atoms. The van der Waals surface area contributed by atoms with Gasteiger partial charge in [0.15, 0.2) is 0 Å². The molecule has 14 heavy (non-hydrogen) atoms. The lowest BCUT2D eigenvalue weighted by Gasteiger charge is -2.39. The molecule has 80 valence electrons. The maximum atomic E-state index is 11.9.